The molecule has 2 atom stereocenters. The van der Waals surface area contributed by atoms with E-state index in [9.17, 15) is 4.39 Å². The van der Waals surface area contributed by atoms with Crippen molar-refractivity contribution in [1.82, 2.24) is 15.5 Å². The number of hydrogen-bond donors (Lipinski definition) is 2. The zero-order valence-corrected chi connectivity index (χ0v) is 19.2. The summed E-state index contributed by atoms with van der Waals surface area (Å²) in [4.78, 5) is 7.49. The average Bonchev–Trinajstić information content (AvgIpc) is 3.02. The van der Waals surface area contributed by atoms with E-state index in [1.54, 1.807) is 13.2 Å². The first-order valence-electron chi connectivity index (χ1n) is 11.8. The molecule has 2 unspecified atom stereocenters. The standard InChI is InChI=1S/C26H35FN4O/c1-3-28-26(29-16-20-9-12-25(27)21(13-20)18-32-2)30-22-14-23-10-11-24(15-22)31(23)17-19-7-5-4-6-8-19/h4-9,12-13,22-24H,3,10-11,14-18H2,1-2H3,(H2,28,29,30). The van der Waals surface area contributed by atoms with Crippen LogP contribution in [0.15, 0.2) is 53.5 Å². The lowest BCUT2D eigenvalue weighted by Gasteiger charge is -2.39. The summed E-state index contributed by atoms with van der Waals surface area (Å²) in [5, 5.41) is 7.06. The van der Waals surface area contributed by atoms with Crippen molar-refractivity contribution in [2.24, 2.45) is 4.99 Å². The number of piperidine rings is 1. The zero-order chi connectivity index (χ0) is 22.3. The summed E-state index contributed by atoms with van der Waals surface area (Å²) in [5.74, 6) is 0.605. The van der Waals surface area contributed by atoms with Crippen molar-refractivity contribution < 1.29 is 9.13 Å². The second-order valence-corrected chi connectivity index (χ2v) is 8.91. The topological polar surface area (TPSA) is 48.9 Å². The Kier molecular flexibility index (Phi) is 7.76. The highest BCUT2D eigenvalue weighted by molar-refractivity contribution is 5.80. The molecule has 2 saturated heterocycles. The Morgan fingerprint density at radius 1 is 1.09 bits per heavy atom. The van der Waals surface area contributed by atoms with E-state index in [1.807, 2.05) is 6.07 Å². The van der Waals surface area contributed by atoms with Crippen LogP contribution in [0.4, 0.5) is 4.39 Å². The lowest BCUT2D eigenvalue weighted by Crippen LogP contribution is -2.52. The number of guanidine groups is 1. The van der Waals surface area contributed by atoms with Crippen molar-refractivity contribution in [3.63, 3.8) is 0 Å². The molecule has 2 heterocycles. The van der Waals surface area contributed by atoms with Crippen LogP contribution in [-0.2, 0) is 24.4 Å². The normalized spacial score (nSPS) is 23.3. The predicted molar refractivity (Wildman–Crippen MR) is 127 cm³/mol. The quantitative estimate of drug-likeness (QED) is 0.479. The van der Waals surface area contributed by atoms with Gasteiger partial charge in [-0.05, 0) is 55.9 Å². The second-order valence-electron chi connectivity index (χ2n) is 8.91. The van der Waals surface area contributed by atoms with Crippen LogP contribution in [0.1, 0.15) is 49.3 Å². The molecule has 2 fully saturated rings. The molecule has 0 saturated carbocycles. The molecule has 2 aromatic rings. The van der Waals surface area contributed by atoms with Crippen LogP contribution < -0.4 is 10.6 Å². The van der Waals surface area contributed by atoms with Gasteiger partial charge in [0.25, 0.3) is 0 Å². The number of aliphatic imine (C=N–C) groups is 1. The molecular formula is C26H35FN4O. The molecule has 5 nitrogen and oxygen atoms in total. The first-order valence-corrected chi connectivity index (χ1v) is 11.8. The second kappa shape index (κ2) is 10.9. The van der Waals surface area contributed by atoms with Crippen molar-refractivity contribution in [3.8, 4) is 0 Å². The van der Waals surface area contributed by atoms with Crippen molar-refractivity contribution in [2.75, 3.05) is 13.7 Å². The number of methoxy groups -OCH3 is 1. The molecule has 4 rings (SSSR count). The molecule has 0 aromatic heterocycles. The van der Waals surface area contributed by atoms with Crippen molar-refractivity contribution in [2.45, 2.75) is 70.4 Å². The van der Waals surface area contributed by atoms with E-state index < -0.39 is 0 Å². The first-order chi connectivity index (χ1) is 15.7. The maximum Gasteiger partial charge on any atom is 0.191 e. The number of hydrogen-bond acceptors (Lipinski definition) is 3. The Hall–Kier alpha value is -2.44. The van der Waals surface area contributed by atoms with Gasteiger partial charge in [0, 0.05) is 43.9 Å². The molecular weight excluding hydrogens is 403 g/mol. The molecule has 2 aliphatic heterocycles. The van der Waals surface area contributed by atoms with E-state index in [4.69, 9.17) is 9.73 Å². The lowest BCUT2D eigenvalue weighted by atomic mass is 9.96. The number of nitrogens with one attached hydrogen (secondary N) is 2. The molecule has 172 valence electrons. The van der Waals surface area contributed by atoms with E-state index in [0.717, 1.165) is 37.5 Å². The molecule has 0 spiro atoms. The smallest absolute Gasteiger partial charge is 0.191 e. The van der Waals surface area contributed by atoms with Gasteiger partial charge >= 0.3 is 0 Å². The summed E-state index contributed by atoms with van der Waals surface area (Å²) >= 11 is 0. The van der Waals surface area contributed by atoms with Crippen LogP contribution >= 0.6 is 0 Å². The van der Waals surface area contributed by atoms with Gasteiger partial charge in [0.05, 0.1) is 13.2 Å². The molecule has 2 bridgehead atoms. The average molecular weight is 439 g/mol. The Morgan fingerprint density at radius 2 is 1.84 bits per heavy atom. The Bertz CT molecular complexity index is 890. The molecule has 32 heavy (non-hydrogen) atoms. The maximum absolute atomic E-state index is 13.9. The van der Waals surface area contributed by atoms with Crippen LogP contribution in [0.5, 0.6) is 0 Å². The Morgan fingerprint density at radius 3 is 2.53 bits per heavy atom. The zero-order valence-electron chi connectivity index (χ0n) is 19.2. The number of ether oxygens (including phenoxy) is 1. The van der Waals surface area contributed by atoms with Crippen molar-refractivity contribution in [3.05, 3.63) is 71.0 Å². The largest absolute Gasteiger partial charge is 0.380 e. The number of fused-ring (bicyclic) bond motifs is 2. The van der Waals surface area contributed by atoms with Gasteiger partial charge in [-0.25, -0.2) is 9.38 Å². The summed E-state index contributed by atoms with van der Waals surface area (Å²) in [6.07, 6.45) is 4.84. The molecule has 0 aliphatic carbocycles. The fourth-order valence-electron chi connectivity index (χ4n) is 5.12. The monoisotopic (exact) mass is 438 g/mol. The van der Waals surface area contributed by atoms with Crippen molar-refractivity contribution >= 4 is 5.96 Å². The van der Waals surface area contributed by atoms with Crippen LogP contribution in [0.25, 0.3) is 0 Å². The number of nitrogens with zero attached hydrogens (tertiary/aromatic N) is 2. The van der Waals surface area contributed by atoms with Gasteiger partial charge in [-0.1, -0.05) is 36.4 Å². The van der Waals surface area contributed by atoms with E-state index in [0.29, 0.717) is 30.2 Å². The molecule has 6 heteroatoms. The van der Waals surface area contributed by atoms with Crippen LogP contribution in [0.3, 0.4) is 0 Å². The van der Waals surface area contributed by atoms with E-state index in [2.05, 4.69) is 52.8 Å². The van der Waals surface area contributed by atoms with Gasteiger partial charge in [-0.15, -0.1) is 0 Å². The molecule has 0 amide bonds. The predicted octanol–water partition coefficient (Wildman–Crippen LogP) is 4.22. The Labute approximate surface area is 191 Å². The summed E-state index contributed by atoms with van der Waals surface area (Å²) in [7, 11) is 1.58. The van der Waals surface area contributed by atoms with Crippen LogP contribution in [0.2, 0.25) is 0 Å². The fraction of sp³-hybridized carbons (Fsp3) is 0.500. The Balaban J connectivity index is 1.37. The molecule has 2 aliphatic rings. The summed E-state index contributed by atoms with van der Waals surface area (Å²) in [6.45, 7) is 4.71. The van der Waals surface area contributed by atoms with Gasteiger partial charge in [0.1, 0.15) is 5.82 Å². The third-order valence-corrected chi connectivity index (χ3v) is 6.61. The molecule has 2 N–H and O–H groups in total. The van der Waals surface area contributed by atoms with Crippen LogP contribution in [-0.4, -0.2) is 42.6 Å². The highest BCUT2D eigenvalue weighted by atomic mass is 19.1. The minimum Gasteiger partial charge on any atom is -0.380 e. The van der Waals surface area contributed by atoms with Gasteiger partial charge in [0.2, 0.25) is 0 Å². The van der Waals surface area contributed by atoms with E-state index >= 15 is 0 Å². The third-order valence-electron chi connectivity index (χ3n) is 6.61. The highest BCUT2D eigenvalue weighted by Gasteiger charge is 2.40. The number of benzene rings is 2. The SMILES string of the molecule is CCNC(=NCc1ccc(F)c(COC)c1)NC1CC2CCC(C1)N2Cc1ccccc1. The van der Waals surface area contributed by atoms with Gasteiger partial charge in [-0.3, -0.25) is 4.90 Å². The number of rotatable bonds is 8. The third kappa shape index (κ3) is 5.67. The van der Waals surface area contributed by atoms with Gasteiger partial charge < -0.3 is 15.4 Å². The van der Waals surface area contributed by atoms with E-state index in [-0.39, 0.29) is 12.4 Å². The minimum atomic E-state index is -0.234. The highest BCUT2D eigenvalue weighted by Crippen LogP contribution is 2.36. The lowest BCUT2D eigenvalue weighted by molar-refractivity contribution is 0.114. The van der Waals surface area contributed by atoms with Gasteiger partial charge in [0.15, 0.2) is 5.96 Å². The first kappa shape index (κ1) is 22.7. The molecule has 0 radical (unpaired) electrons. The number of halogens is 1. The van der Waals surface area contributed by atoms with Crippen LogP contribution in [0, 0.1) is 5.82 Å². The maximum atomic E-state index is 13.9. The summed E-state index contributed by atoms with van der Waals surface area (Å²) < 4.78 is 19.0. The van der Waals surface area contributed by atoms with Gasteiger partial charge in [-0.2, -0.15) is 0 Å². The summed E-state index contributed by atoms with van der Waals surface area (Å²) in [6, 6.07) is 17.6. The minimum absolute atomic E-state index is 0.234. The fourth-order valence-corrected chi connectivity index (χ4v) is 5.12. The summed E-state index contributed by atoms with van der Waals surface area (Å²) in [5.41, 5.74) is 2.95. The van der Waals surface area contributed by atoms with E-state index in [1.165, 1.54) is 24.5 Å². The molecule has 2 aromatic carbocycles. The van der Waals surface area contributed by atoms with Crippen molar-refractivity contribution in [1.29, 1.82) is 0 Å².